The van der Waals surface area contributed by atoms with Gasteiger partial charge in [0.1, 0.15) is 0 Å². The lowest BCUT2D eigenvalue weighted by Gasteiger charge is -2.46. The zero-order valence-electron chi connectivity index (χ0n) is 11.1. The number of amides is 2. The number of furan rings is 1. The molecule has 0 atom stereocenters. The van der Waals surface area contributed by atoms with Crippen LogP contribution in [0.25, 0.3) is 0 Å². The van der Waals surface area contributed by atoms with Crippen LogP contribution in [0.2, 0.25) is 0 Å². The van der Waals surface area contributed by atoms with E-state index in [9.17, 15) is 14.7 Å². The molecule has 2 amide bonds. The molecule has 0 aliphatic carbocycles. The Hall–Kier alpha value is -1.82. The van der Waals surface area contributed by atoms with Crippen LogP contribution in [0, 0.1) is 0 Å². The monoisotopic (exact) mass is 266 g/mol. The van der Waals surface area contributed by atoms with E-state index in [1.54, 1.807) is 24.1 Å². The molecule has 6 nitrogen and oxygen atoms in total. The topological polar surface area (TPSA) is 74.0 Å². The normalized spacial score (nSPS) is 16.9. The molecule has 1 fully saturated rings. The Morgan fingerprint density at radius 3 is 2.74 bits per heavy atom. The third-order valence-electron chi connectivity index (χ3n) is 3.43. The second-order valence-corrected chi connectivity index (χ2v) is 4.97. The lowest BCUT2D eigenvalue weighted by molar-refractivity contribution is -0.156. The maximum absolute atomic E-state index is 11.9. The smallest absolute Gasteiger partial charge is 0.289 e. The van der Waals surface area contributed by atoms with Gasteiger partial charge in [0.05, 0.1) is 31.5 Å². The second kappa shape index (κ2) is 5.05. The number of nitrogens with zero attached hydrogens (tertiary/aromatic N) is 2. The van der Waals surface area contributed by atoms with Crippen molar-refractivity contribution in [2.24, 2.45) is 0 Å². The van der Waals surface area contributed by atoms with E-state index in [4.69, 9.17) is 4.42 Å². The Balaban J connectivity index is 1.85. The average molecular weight is 266 g/mol. The van der Waals surface area contributed by atoms with Crippen molar-refractivity contribution < 1.29 is 19.1 Å². The van der Waals surface area contributed by atoms with Crippen molar-refractivity contribution in [3.63, 3.8) is 0 Å². The SMILES string of the molecule is CCC1(O)CN(C(=O)CN(C)C(=O)c2ccco2)C1. The highest BCUT2D eigenvalue weighted by molar-refractivity contribution is 5.94. The van der Waals surface area contributed by atoms with Crippen LogP contribution in [-0.4, -0.2) is 59.0 Å². The summed E-state index contributed by atoms with van der Waals surface area (Å²) in [5.41, 5.74) is -0.751. The van der Waals surface area contributed by atoms with Crippen LogP contribution in [0.5, 0.6) is 0 Å². The first-order valence-corrected chi connectivity index (χ1v) is 6.24. The van der Waals surface area contributed by atoms with E-state index in [0.29, 0.717) is 19.5 Å². The van der Waals surface area contributed by atoms with Crippen LogP contribution in [0.4, 0.5) is 0 Å². The predicted molar refractivity (Wildman–Crippen MR) is 67.5 cm³/mol. The van der Waals surface area contributed by atoms with Crippen molar-refractivity contribution in [2.45, 2.75) is 18.9 Å². The number of likely N-dealkylation sites (N-methyl/N-ethyl adjacent to an activating group) is 1. The number of likely N-dealkylation sites (tertiary alicyclic amines) is 1. The van der Waals surface area contributed by atoms with E-state index >= 15 is 0 Å². The van der Waals surface area contributed by atoms with Gasteiger partial charge in [0, 0.05) is 7.05 Å². The first-order chi connectivity index (χ1) is 8.95. The van der Waals surface area contributed by atoms with Gasteiger partial charge in [-0.2, -0.15) is 0 Å². The third kappa shape index (κ3) is 2.78. The lowest BCUT2D eigenvalue weighted by atomic mass is 9.91. The maximum atomic E-state index is 11.9. The Bertz CT molecular complexity index is 463. The number of hydrogen-bond donors (Lipinski definition) is 1. The summed E-state index contributed by atoms with van der Waals surface area (Å²) < 4.78 is 4.99. The summed E-state index contributed by atoms with van der Waals surface area (Å²) in [5, 5.41) is 9.84. The zero-order chi connectivity index (χ0) is 14.0. The molecule has 2 rings (SSSR count). The largest absolute Gasteiger partial charge is 0.459 e. The fourth-order valence-electron chi connectivity index (χ4n) is 2.03. The lowest BCUT2D eigenvalue weighted by Crippen LogP contribution is -2.64. The Morgan fingerprint density at radius 1 is 1.53 bits per heavy atom. The highest BCUT2D eigenvalue weighted by atomic mass is 16.3. The van der Waals surface area contributed by atoms with Crippen LogP contribution < -0.4 is 0 Å². The van der Waals surface area contributed by atoms with Crippen molar-refractivity contribution in [2.75, 3.05) is 26.7 Å². The van der Waals surface area contributed by atoms with E-state index in [1.165, 1.54) is 11.2 Å². The van der Waals surface area contributed by atoms with Crippen molar-refractivity contribution in [1.29, 1.82) is 0 Å². The minimum atomic E-state index is -0.751. The summed E-state index contributed by atoms with van der Waals surface area (Å²) in [4.78, 5) is 26.6. The van der Waals surface area contributed by atoms with E-state index in [0.717, 1.165) is 0 Å². The van der Waals surface area contributed by atoms with Gasteiger partial charge >= 0.3 is 0 Å². The number of hydrogen-bond acceptors (Lipinski definition) is 4. The molecule has 0 spiro atoms. The fraction of sp³-hybridized carbons (Fsp3) is 0.538. The van der Waals surface area contributed by atoms with Crippen LogP contribution in [-0.2, 0) is 4.79 Å². The maximum Gasteiger partial charge on any atom is 0.289 e. The van der Waals surface area contributed by atoms with Gasteiger partial charge in [-0.15, -0.1) is 0 Å². The number of β-amino-alcohol motifs (C(OH)–C–C–N with tert-alkyl or cyclic N) is 1. The molecule has 1 aliphatic rings. The number of aliphatic hydroxyl groups is 1. The van der Waals surface area contributed by atoms with Crippen molar-refractivity contribution in [3.05, 3.63) is 24.2 Å². The van der Waals surface area contributed by atoms with E-state index in [1.807, 2.05) is 6.92 Å². The molecule has 0 unspecified atom stereocenters. The fourth-order valence-corrected chi connectivity index (χ4v) is 2.03. The minimum Gasteiger partial charge on any atom is -0.459 e. The van der Waals surface area contributed by atoms with Crippen LogP contribution in [0.15, 0.2) is 22.8 Å². The van der Waals surface area contributed by atoms with Crippen molar-refractivity contribution in [3.8, 4) is 0 Å². The quantitative estimate of drug-likeness (QED) is 0.852. The Kier molecular flexibility index (Phi) is 3.61. The summed E-state index contributed by atoms with van der Waals surface area (Å²) >= 11 is 0. The number of rotatable bonds is 4. The molecule has 0 saturated carbocycles. The van der Waals surface area contributed by atoms with Gasteiger partial charge in [0.2, 0.25) is 5.91 Å². The van der Waals surface area contributed by atoms with Gasteiger partial charge in [-0.3, -0.25) is 9.59 Å². The average Bonchev–Trinajstić information content (AvgIpc) is 2.87. The highest BCUT2D eigenvalue weighted by Crippen LogP contribution is 2.24. The van der Waals surface area contributed by atoms with Gasteiger partial charge in [-0.05, 0) is 18.6 Å². The molecule has 1 aromatic heterocycles. The molecule has 0 radical (unpaired) electrons. The summed E-state index contributed by atoms with van der Waals surface area (Å²) in [7, 11) is 1.55. The van der Waals surface area contributed by atoms with Crippen LogP contribution in [0.1, 0.15) is 23.9 Å². The second-order valence-electron chi connectivity index (χ2n) is 4.97. The minimum absolute atomic E-state index is 0.0146. The standard InChI is InChI=1S/C13H18N2O4/c1-3-13(18)8-15(9-13)11(16)7-14(2)12(17)10-5-4-6-19-10/h4-6,18H,3,7-9H2,1-2H3. The highest BCUT2D eigenvalue weighted by Gasteiger charge is 2.42. The van der Waals surface area contributed by atoms with Gasteiger partial charge in [0.15, 0.2) is 5.76 Å². The molecule has 6 heteroatoms. The molecule has 1 aromatic rings. The molecule has 1 aliphatic heterocycles. The molecule has 2 heterocycles. The predicted octanol–water partition coefficient (Wildman–Crippen LogP) is 0.335. The molecule has 0 bridgehead atoms. The van der Waals surface area contributed by atoms with E-state index in [2.05, 4.69) is 0 Å². The van der Waals surface area contributed by atoms with Gasteiger partial charge in [-0.1, -0.05) is 6.92 Å². The molecular formula is C13H18N2O4. The van der Waals surface area contributed by atoms with Gasteiger partial charge < -0.3 is 19.3 Å². The van der Waals surface area contributed by atoms with Crippen LogP contribution >= 0.6 is 0 Å². The molecule has 0 aromatic carbocycles. The Morgan fingerprint density at radius 2 is 2.21 bits per heavy atom. The number of carbonyl (C=O) groups is 2. The van der Waals surface area contributed by atoms with E-state index < -0.39 is 5.60 Å². The zero-order valence-corrected chi connectivity index (χ0v) is 11.1. The first-order valence-electron chi connectivity index (χ1n) is 6.24. The molecule has 1 N–H and O–H groups in total. The van der Waals surface area contributed by atoms with E-state index in [-0.39, 0.29) is 24.1 Å². The van der Waals surface area contributed by atoms with Crippen molar-refractivity contribution >= 4 is 11.8 Å². The third-order valence-corrected chi connectivity index (χ3v) is 3.43. The summed E-state index contributed by atoms with van der Waals surface area (Å²) in [6, 6.07) is 3.18. The Labute approximate surface area is 111 Å². The first kappa shape index (κ1) is 13.6. The van der Waals surface area contributed by atoms with Crippen molar-refractivity contribution in [1.82, 2.24) is 9.80 Å². The molecular weight excluding hydrogens is 248 g/mol. The number of carbonyl (C=O) groups excluding carboxylic acids is 2. The molecule has 19 heavy (non-hydrogen) atoms. The molecule has 104 valence electrons. The summed E-state index contributed by atoms with van der Waals surface area (Å²) in [6.07, 6.45) is 2.04. The summed E-state index contributed by atoms with van der Waals surface area (Å²) in [5.74, 6) is -0.283. The molecule has 1 saturated heterocycles. The van der Waals surface area contributed by atoms with Gasteiger partial charge in [0.25, 0.3) is 5.91 Å². The summed E-state index contributed by atoms with van der Waals surface area (Å²) in [6.45, 7) is 2.55. The van der Waals surface area contributed by atoms with Crippen LogP contribution in [0.3, 0.4) is 0 Å². The van der Waals surface area contributed by atoms with Gasteiger partial charge in [-0.25, -0.2) is 0 Å².